The number of alkyl halides is 3. The van der Waals surface area contributed by atoms with Crippen LogP contribution in [0.3, 0.4) is 0 Å². The third kappa shape index (κ3) is 3.77. The van der Waals surface area contributed by atoms with Gasteiger partial charge < -0.3 is 5.73 Å². The average molecular weight is 353 g/mol. The van der Waals surface area contributed by atoms with Crippen molar-refractivity contribution < 1.29 is 13.2 Å². The Kier molecular flexibility index (Phi) is 5.11. The fraction of sp³-hybridized carbons (Fsp3) is 0.250. The van der Waals surface area contributed by atoms with E-state index in [-0.39, 0.29) is 23.0 Å². The van der Waals surface area contributed by atoms with Crippen LogP contribution in [0.15, 0.2) is 29.6 Å². The predicted molar refractivity (Wildman–Crippen MR) is 75.5 cm³/mol. The van der Waals surface area contributed by atoms with Crippen LogP contribution in [0.1, 0.15) is 23.5 Å². The first-order valence-electron chi connectivity index (χ1n) is 5.26. The Morgan fingerprint density at radius 3 is 2.21 bits per heavy atom. The van der Waals surface area contributed by atoms with Crippen molar-refractivity contribution in [3.63, 3.8) is 0 Å². The van der Waals surface area contributed by atoms with Gasteiger partial charge in [-0.2, -0.15) is 13.2 Å². The van der Waals surface area contributed by atoms with Crippen molar-refractivity contribution in [2.24, 2.45) is 5.73 Å². The number of aromatic nitrogens is 1. The van der Waals surface area contributed by atoms with Crippen molar-refractivity contribution in [3.8, 4) is 11.3 Å². The summed E-state index contributed by atoms with van der Waals surface area (Å²) in [5.41, 5.74) is 6.34. The zero-order chi connectivity index (χ0) is 13.3. The molecule has 0 fully saturated rings. The lowest BCUT2D eigenvalue weighted by Crippen LogP contribution is -2.04. The van der Waals surface area contributed by atoms with Crippen molar-refractivity contribution in [3.05, 3.63) is 40.2 Å². The molecule has 2 N–H and O–H groups in total. The van der Waals surface area contributed by atoms with Crippen LogP contribution in [0.5, 0.6) is 0 Å². The standard InChI is InChI=1S/C12H11F3N2S.BrH/c1-7(16)11-17-10(6-18-11)8-2-4-9(5-3-8)12(13,14)15;/h2-7H,16H2,1H3;1H. The molecule has 0 saturated heterocycles. The van der Waals surface area contributed by atoms with Crippen LogP contribution in [0, 0.1) is 0 Å². The van der Waals surface area contributed by atoms with Crippen LogP contribution in [-0.2, 0) is 6.18 Å². The maximum Gasteiger partial charge on any atom is 0.416 e. The first kappa shape index (κ1) is 16.1. The molecular formula is C12H12BrF3N2S. The summed E-state index contributed by atoms with van der Waals surface area (Å²) in [6, 6.07) is 4.78. The minimum atomic E-state index is -4.31. The lowest BCUT2D eigenvalue weighted by Gasteiger charge is -2.06. The Bertz CT molecular complexity index is 535. The van der Waals surface area contributed by atoms with E-state index in [0.717, 1.165) is 17.1 Å². The number of nitrogens with two attached hydrogens (primary N) is 1. The normalized spacial score (nSPS) is 12.9. The van der Waals surface area contributed by atoms with Crippen molar-refractivity contribution in [2.45, 2.75) is 19.1 Å². The first-order valence-corrected chi connectivity index (χ1v) is 6.14. The third-order valence-electron chi connectivity index (χ3n) is 2.42. The average Bonchev–Trinajstić information content (AvgIpc) is 2.77. The van der Waals surface area contributed by atoms with E-state index >= 15 is 0 Å². The van der Waals surface area contributed by atoms with Gasteiger partial charge in [-0.25, -0.2) is 4.98 Å². The smallest absolute Gasteiger partial charge is 0.322 e. The van der Waals surface area contributed by atoms with Gasteiger partial charge in [-0.05, 0) is 19.1 Å². The van der Waals surface area contributed by atoms with Crippen molar-refractivity contribution in [2.75, 3.05) is 0 Å². The summed E-state index contributed by atoms with van der Waals surface area (Å²) in [4.78, 5) is 4.28. The van der Waals surface area contributed by atoms with Crippen LogP contribution in [0.4, 0.5) is 13.2 Å². The molecule has 0 aliphatic heterocycles. The predicted octanol–water partition coefficient (Wildman–Crippen LogP) is 4.43. The number of nitrogens with zero attached hydrogens (tertiary/aromatic N) is 1. The molecule has 0 amide bonds. The fourth-order valence-corrected chi connectivity index (χ4v) is 2.25. The number of benzene rings is 1. The van der Waals surface area contributed by atoms with Gasteiger partial charge in [0.2, 0.25) is 0 Å². The Balaban J connectivity index is 0.00000180. The highest BCUT2D eigenvalue weighted by Crippen LogP contribution is 2.31. The first-order chi connectivity index (χ1) is 8.38. The number of halogens is 4. The van der Waals surface area contributed by atoms with Crippen LogP contribution >= 0.6 is 28.3 Å². The summed E-state index contributed by atoms with van der Waals surface area (Å²) >= 11 is 1.40. The SMILES string of the molecule is Br.CC(N)c1nc(-c2ccc(C(F)(F)F)cc2)cs1. The van der Waals surface area contributed by atoms with E-state index in [2.05, 4.69) is 4.98 Å². The number of thiazole rings is 1. The molecule has 1 atom stereocenters. The van der Waals surface area contributed by atoms with E-state index in [0.29, 0.717) is 11.3 Å². The Labute approximate surface area is 123 Å². The molecule has 1 aromatic heterocycles. The molecule has 1 heterocycles. The summed E-state index contributed by atoms with van der Waals surface area (Å²) in [7, 11) is 0. The van der Waals surface area contributed by atoms with E-state index in [1.54, 1.807) is 5.38 Å². The minimum absolute atomic E-state index is 0. The van der Waals surface area contributed by atoms with Gasteiger partial charge in [-0.1, -0.05) is 12.1 Å². The van der Waals surface area contributed by atoms with Crippen molar-refractivity contribution in [1.82, 2.24) is 4.98 Å². The van der Waals surface area contributed by atoms with Crippen LogP contribution in [0.25, 0.3) is 11.3 Å². The molecule has 1 unspecified atom stereocenters. The molecule has 0 aliphatic carbocycles. The highest BCUT2D eigenvalue weighted by molar-refractivity contribution is 8.93. The van der Waals surface area contributed by atoms with E-state index < -0.39 is 11.7 Å². The maximum atomic E-state index is 12.4. The molecule has 0 spiro atoms. The second-order valence-electron chi connectivity index (χ2n) is 3.93. The summed E-state index contributed by atoms with van der Waals surface area (Å²) in [6.45, 7) is 1.81. The second kappa shape index (κ2) is 6.02. The molecule has 1 aromatic carbocycles. The molecule has 0 bridgehead atoms. The highest BCUT2D eigenvalue weighted by atomic mass is 79.9. The Morgan fingerprint density at radius 1 is 1.21 bits per heavy atom. The number of rotatable bonds is 2. The lowest BCUT2D eigenvalue weighted by molar-refractivity contribution is -0.137. The van der Waals surface area contributed by atoms with Gasteiger partial charge >= 0.3 is 6.18 Å². The molecule has 2 nitrogen and oxygen atoms in total. The number of hydrogen-bond donors (Lipinski definition) is 1. The largest absolute Gasteiger partial charge is 0.416 e. The Morgan fingerprint density at radius 2 is 1.79 bits per heavy atom. The second-order valence-corrected chi connectivity index (χ2v) is 4.82. The van der Waals surface area contributed by atoms with Gasteiger partial charge in [0.05, 0.1) is 17.3 Å². The van der Waals surface area contributed by atoms with E-state index in [4.69, 9.17) is 5.73 Å². The van der Waals surface area contributed by atoms with E-state index in [1.165, 1.54) is 23.5 Å². The van der Waals surface area contributed by atoms with Crippen LogP contribution in [0.2, 0.25) is 0 Å². The van der Waals surface area contributed by atoms with Crippen molar-refractivity contribution in [1.29, 1.82) is 0 Å². The highest BCUT2D eigenvalue weighted by Gasteiger charge is 2.30. The third-order valence-corrected chi connectivity index (χ3v) is 3.47. The topological polar surface area (TPSA) is 38.9 Å². The van der Waals surface area contributed by atoms with Crippen molar-refractivity contribution >= 4 is 28.3 Å². The van der Waals surface area contributed by atoms with Gasteiger partial charge in [0.1, 0.15) is 5.01 Å². The van der Waals surface area contributed by atoms with Gasteiger partial charge in [-0.3, -0.25) is 0 Å². The molecule has 2 aromatic rings. The molecular weight excluding hydrogens is 341 g/mol. The molecule has 0 aliphatic rings. The lowest BCUT2D eigenvalue weighted by atomic mass is 10.1. The minimum Gasteiger partial charge on any atom is -0.322 e. The van der Waals surface area contributed by atoms with Gasteiger partial charge in [0.15, 0.2) is 0 Å². The molecule has 104 valence electrons. The van der Waals surface area contributed by atoms with Gasteiger partial charge in [0, 0.05) is 10.9 Å². The summed E-state index contributed by atoms with van der Waals surface area (Å²) in [5, 5.41) is 2.56. The summed E-state index contributed by atoms with van der Waals surface area (Å²) in [5.74, 6) is 0. The molecule has 2 rings (SSSR count). The van der Waals surface area contributed by atoms with E-state index in [9.17, 15) is 13.2 Å². The monoisotopic (exact) mass is 352 g/mol. The summed E-state index contributed by atoms with van der Waals surface area (Å²) in [6.07, 6.45) is -4.31. The van der Waals surface area contributed by atoms with Gasteiger partial charge in [0.25, 0.3) is 0 Å². The molecule has 7 heteroatoms. The molecule has 0 radical (unpaired) electrons. The number of hydrogen-bond acceptors (Lipinski definition) is 3. The molecule has 0 saturated carbocycles. The zero-order valence-electron chi connectivity index (χ0n) is 9.94. The quantitative estimate of drug-likeness (QED) is 0.868. The van der Waals surface area contributed by atoms with E-state index in [1.807, 2.05) is 6.92 Å². The van der Waals surface area contributed by atoms with Crippen LogP contribution < -0.4 is 5.73 Å². The maximum absolute atomic E-state index is 12.4. The Hall–Kier alpha value is -0.920. The fourth-order valence-electron chi connectivity index (χ4n) is 1.46. The molecule has 19 heavy (non-hydrogen) atoms. The zero-order valence-corrected chi connectivity index (χ0v) is 12.5. The van der Waals surface area contributed by atoms with Crippen LogP contribution in [-0.4, -0.2) is 4.98 Å². The van der Waals surface area contributed by atoms with Gasteiger partial charge in [-0.15, -0.1) is 28.3 Å². The summed E-state index contributed by atoms with van der Waals surface area (Å²) < 4.78 is 37.2.